The third kappa shape index (κ3) is 8.47. The average molecular weight is 947 g/mol. The van der Waals surface area contributed by atoms with Crippen molar-refractivity contribution in [2.75, 3.05) is 4.90 Å². The van der Waals surface area contributed by atoms with E-state index in [2.05, 4.69) is 280 Å². The maximum Gasteiger partial charge on any atom is 0.0541 e. The fourth-order valence-corrected chi connectivity index (χ4v) is 11.2. The molecule has 2 nitrogen and oxygen atoms in total. The van der Waals surface area contributed by atoms with E-state index >= 15 is 0 Å². The van der Waals surface area contributed by atoms with E-state index in [-0.39, 0.29) is 32.5 Å². The van der Waals surface area contributed by atoms with Gasteiger partial charge in [-0.15, -0.1) is 0 Å². The Hall–Kier alpha value is -6.38. The minimum atomic E-state index is -0.190. The molecule has 9 aromatic carbocycles. The monoisotopic (exact) mass is 947 g/mol. The summed E-state index contributed by atoms with van der Waals surface area (Å²) in [6, 6.07) is 57.0. The highest BCUT2D eigenvalue weighted by Gasteiger charge is 2.32. The van der Waals surface area contributed by atoms with E-state index < -0.39 is 0 Å². The Kier molecular flexibility index (Phi) is 11.3. The number of rotatable bonds is 5. The van der Waals surface area contributed by atoms with Gasteiger partial charge < -0.3 is 9.47 Å². The molecule has 0 fully saturated rings. The smallest absolute Gasteiger partial charge is 0.0541 e. The Morgan fingerprint density at radius 2 is 0.806 bits per heavy atom. The van der Waals surface area contributed by atoms with Crippen LogP contribution in [-0.2, 0) is 32.5 Å². The normalized spacial score (nSPS) is 13.4. The Balaban J connectivity index is 1.32. The maximum absolute atomic E-state index is 2.65. The van der Waals surface area contributed by atoms with E-state index in [9.17, 15) is 0 Å². The number of hydrogen-bond acceptors (Lipinski definition) is 1. The highest BCUT2D eigenvalue weighted by molar-refractivity contribution is 6.27. The van der Waals surface area contributed by atoms with Crippen molar-refractivity contribution in [2.45, 2.75) is 157 Å². The highest BCUT2D eigenvalue weighted by Crippen LogP contribution is 2.51. The highest BCUT2D eigenvalue weighted by atomic mass is 15.1. The Bertz CT molecular complexity index is 3620. The minimum absolute atomic E-state index is 0.0249. The zero-order valence-corrected chi connectivity index (χ0v) is 46.8. The molecular weight excluding hydrogens is 869 g/mol. The van der Waals surface area contributed by atoms with Crippen LogP contribution in [0.2, 0.25) is 0 Å². The first-order valence-corrected chi connectivity index (χ1v) is 26.5. The van der Waals surface area contributed by atoms with Gasteiger partial charge in [0.05, 0.1) is 28.1 Å². The lowest BCUT2D eigenvalue weighted by atomic mass is 9.76. The van der Waals surface area contributed by atoms with E-state index in [0.717, 1.165) is 0 Å². The number of fused-ring (bicyclic) bond motifs is 3. The number of anilines is 3. The molecule has 0 saturated heterocycles. The summed E-state index contributed by atoms with van der Waals surface area (Å²) < 4.78 is 2.55. The van der Waals surface area contributed by atoms with Crippen molar-refractivity contribution in [2.24, 2.45) is 0 Å². The van der Waals surface area contributed by atoms with Crippen LogP contribution in [0.5, 0.6) is 0 Å². The van der Waals surface area contributed by atoms with Gasteiger partial charge in [0.1, 0.15) is 0 Å². The first kappa shape index (κ1) is 49.2. The van der Waals surface area contributed by atoms with Crippen molar-refractivity contribution in [3.05, 3.63) is 179 Å². The van der Waals surface area contributed by atoms with Crippen LogP contribution in [0.15, 0.2) is 146 Å². The van der Waals surface area contributed by atoms with Crippen LogP contribution in [0.1, 0.15) is 158 Å². The van der Waals surface area contributed by atoms with Gasteiger partial charge in [-0.1, -0.05) is 210 Å². The Morgan fingerprint density at radius 3 is 1.31 bits per heavy atom. The summed E-state index contributed by atoms with van der Waals surface area (Å²) >= 11 is 0. The van der Waals surface area contributed by atoms with Gasteiger partial charge in [0.25, 0.3) is 0 Å². The summed E-state index contributed by atoms with van der Waals surface area (Å²) in [5.74, 6) is 0. The van der Waals surface area contributed by atoms with E-state index in [1.54, 1.807) is 0 Å². The molecule has 0 aliphatic carbocycles. The van der Waals surface area contributed by atoms with Crippen LogP contribution in [-0.4, -0.2) is 4.57 Å². The standard InChI is InChI=1S/C70H78N2/c1-65(2,3)46-28-34-60-54(39-46)55-40-47(66(4,5)6)29-35-61(55)72(60)59-33-27-45-24-30-51-58(32-26-44-25-31-52(59)64(45)63(44)51)71(50-37-48(67(7,8)9)36-49(38-50)68(10,11)12)62-42-56(69(13,14)15)53(41-57(62)70(16,17)18)43-22-20-19-21-23-43/h19-42H,1-18H3. The van der Waals surface area contributed by atoms with Gasteiger partial charge in [0, 0.05) is 27.2 Å². The van der Waals surface area contributed by atoms with Gasteiger partial charge in [0.2, 0.25) is 0 Å². The third-order valence-corrected chi connectivity index (χ3v) is 15.6. The van der Waals surface area contributed by atoms with Crippen molar-refractivity contribution < 1.29 is 0 Å². The summed E-state index contributed by atoms with van der Waals surface area (Å²) in [5, 5.41) is 10.2. The second-order valence-corrected chi connectivity index (χ2v) is 27.3. The van der Waals surface area contributed by atoms with Crippen LogP contribution in [0.4, 0.5) is 17.1 Å². The molecule has 10 aromatic rings. The van der Waals surface area contributed by atoms with Crippen LogP contribution < -0.4 is 4.90 Å². The second-order valence-electron chi connectivity index (χ2n) is 27.3. The van der Waals surface area contributed by atoms with Crippen LogP contribution in [0, 0.1) is 0 Å². The fraction of sp³-hybridized carbons (Fsp3) is 0.343. The molecule has 0 unspecified atom stereocenters. The molecule has 0 aliphatic heterocycles. The van der Waals surface area contributed by atoms with Crippen molar-refractivity contribution in [1.82, 2.24) is 4.57 Å². The minimum Gasteiger partial charge on any atom is -0.310 e. The van der Waals surface area contributed by atoms with Gasteiger partial charge in [-0.05, 0) is 159 Å². The van der Waals surface area contributed by atoms with E-state index in [1.165, 1.54) is 121 Å². The molecule has 2 heteroatoms. The van der Waals surface area contributed by atoms with E-state index in [0.29, 0.717) is 0 Å². The molecule has 368 valence electrons. The lowest BCUT2D eigenvalue weighted by Gasteiger charge is -2.37. The lowest BCUT2D eigenvalue weighted by Crippen LogP contribution is -2.23. The zero-order valence-electron chi connectivity index (χ0n) is 46.8. The SMILES string of the molecule is CC(C)(C)c1cc(N(c2cc(C(C)(C)C)c(-c3ccccc3)cc2C(C)(C)C)c2ccc3ccc4c(-n5c6ccc(C(C)(C)C)cc6c6cc(C(C)(C)C)ccc65)ccc5ccc2c3c54)cc(C(C)(C)C)c1. The topological polar surface area (TPSA) is 8.17 Å². The quantitative estimate of drug-likeness (QED) is 0.156. The van der Waals surface area contributed by atoms with Crippen molar-refractivity contribution >= 4 is 71.2 Å². The fourth-order valence-electron chi connectivity index (χ4n) is 11.2. The molecule has 0 atom stereocenters. The van der Waals surface area contributed by atoms with Gasteiger partial charge in [-0.25, -0.2) is 0 Å². The number of hydrogen-bond donors (Lipinski definition) is 0. The summed E-state index contributed by atoms with van der Waals surface area (Å²) in [6.07, 6.45) is 0. The molecule has 10 rings (SSSR count). The van der Waals surface area contributed by atoms with Crippen molar-refractivity contribution in [1.29, 1.82) is 0 Å². The van der Waals surface area contributed by atoms with Crippen LogP contribution in [0.3, 0.4) is 0 Å². The predicted molar refractivity (Wildman–Crippen MR) is 317 cm³/mol. The Morgan fingerprint density at radius 1 is 0.333 bits per heavy atom. The van der Waals surface area contributed by atoms with Crippen molar-refractivity contribution in [3.63, 3.8) is 0 Å². The number of benzene rings is 9. The van der Waals surface area contributed by atoms with Gasteiger partial charge in [0.15, 0.2) is 0 Å². The zero-order chi connectivity index (χ0) is 51.8. The molecule has 0 radical (unpaired) electrons. The second kappa shape index (κ2) is 16.6. The van der Waals surface area contributed by atoms with Crippen LogP contribution in [0.25, 0.3) is 70.9 Å². The first-order chi connectivity index (χ1) is 33.5. The molecule has 72 heavy (non-hydrogen) atoms. The average Bonchev–Trinajstić information content (AvgIpc) is 3.62. The summed E-state index contributed by atoms with van der Waals surface area (Å²) in [5.41, 5.74) is 17.4. The van der Waals surface area contributed by atoms with E-state index in [1.807, 2.05) is 0 Å². The summed E-state index contributed by atoms with van der Waals surface area (Å²) in [7, 11) is 0. The molecule has 0 amide bonds. The van der Waals surface area contributed by atoms with Gasteiger partial charge >= 0.3 is 0 Å². The van der Waals surface area contributed by atoms with E-state index in [4.69, 9.17) is 0 Å². The Labute approximate surface area is 431 Å². The molecule has 0 saturated carbocycles. The molecule has 0 bridgehead atoms. The third-order valence-electron chi connectivity index (χ3n) is 15.6. The maximum atomic E-state index is 2.65. The summed E-state index contributed by atoms with van der Waals surface area (Å²) in [6.45, 7) is 42.3. The van der Waals surface area contributed by atoms with Crippen LogP contribution >= 0.6 is 0 Å². The molecule has 0 spiro atoms. The van der Waals surface area contributed by atoms with Crippen molar-refractivity contribution in [3.8, 4) is 16.8 Å². The molecule has 1 aromatic heterocycles. The number of aromatic nitrogens is 1. The molecule has 0 aliphatic rings. The first-order valence-electron chi connectivity index (χ1n) is 26.5. The predicted octanol–water partition coefficient (Wildman–Crippen LogP) is 20.6. The van der Waals surface area contributed by atoms with Gasteiger partial charge in [-0.2, -0.15) is 0 Å². The lowest BCUT2D eigenvalue weighted by molar-refractivity contribution is 0.568. The molecule has 1 heterocycles. The van der Waals surface area contributed by atoms with Gasteiger partial charge in [-0.3, -0.25) is 0 Å². The largest absolute Gasteiger partial charge is 0.310 e. The molecular formula is C70H78N2. The molecule has 0 N–H and O–H groups in total. The number of nitrogens with zero attached hydrogens (tertiary/aromatic N) is 2. The summed E-state index contributed by atoms with van der Waals surface area (Å²) in [4.78, 5) is 2.65.